The summed E-state index contributed by atoms with van der Waals surface area (Å²) in [5.74, 6) is 0.0288. The van der Waals surface area contributed by atoms with Crippen LogP contribution in [0, 0.1) is 0 Å². The molecule has 0 spiro atoms. The molecule has 2 N–H and O–H groups in total. The molecule has 1 amide bonds. The summed E-state index contributed by atoms with van der Waals surface area (Å²) in [7, 11) is 1.47. The lowest BCUT2D eigenvalue weighted by Crippen LogP contribution is -2.18. The molecule has 0 aliphatic rings. The van der Waals surface area contributed by atoms with Crippen molar-refractivity contribution in [1.82, 2.24) is 10.4 Å². The molecular formula is C24H19N3O3. The second-order valence-corrected chi connectivity index (χ2v) is 6.57. The Balaban J connectivity index is 1.64. The van der Waals surface area contributed by atoms with Crippen LogP contribution in [0.4, 0.5) is 0 Å². The van der Waals surface area contributed by atoms with Crippen molar-refractivity contribution >= 4 is 23.0 Å². The molecule has 6 nitrogen and oxygen atoms in total. The first kappa shape index (κ1) is 19.1. The zero-order valence-corrected chi connectivity index (χ0v) is 16.2. The first-order chi connectivity index (χ1) is 14.7. The number of phenolic OH excluding ortho intramolecular Hbond substituents is 1. The zero-order chi connectivity index (χ0) is 20.9. The van der Waals surface area contributed by atoms with E-state index in [0.717, 1.165) is 16.5 Å². The fourth-order valence-electron chi connectivity index (χ4n) is 3.12. The molecule has 0 radical (unpaired) electrons. The number of methoxy groups -OCH3 is 1. The number of amides is 1. The Labute approximate surface area is 173 Å². The van der Waals surface area contributed by atoms with Gasteiger partial charge in [-0.1, -0.05) is 48.5 Å². The summed E-state index contributed by atoms with van der Waals surface area (Å²) in [6, 6.07) is 23.8. The third-order valence-corrected chi connectivity index (χ3v) is 4.61. The number of nitrogens with zero attached hydrogens (tertiary/aromatic N) is 2. The minimum absolute atomic E-state index is 0.0374. The number of para-hydroxylation sites is 1. The standard InChI is InChI=1S/C24H19N3O3/c1-30-23-13-16(11-12-22(23)28)15-25-27-24(29)19-14-21(17-7-3-2-4-8-17)26-20-10-6-5-9-18(19)20/h2-15,28H,1H3,(H,27,29)/b25-15-. The van der Waals surface area contributed by atoms with Crippen LogP contribution in [0.25, 0.3) is 22.2 Å². The number of pyridine rings is 1. The van der Waals surface area contributed by atoms with E-state index in [2.05, 4.69) is 15.5 Å². The third kappa shape index (κ3) is 3.98. The lowest BCUT2D eigenvalue weighted by molar-refractivity contribution is 0.0956. The monoisotopic (exact) mass is 397 g/mol. The van der Waals surface area contributed by atoms with Crippen molar-refractivity contribution in [3.8, 4) is 22.8 Å². The molecule has 1 heterocycles. The molecule has 0 aliphatic carbocycles. The molecule has 0 bridgehead atoms. The van der Waals surface area contributed by atoms with Gasteiger partial charge in [0.2, 0.25) is 0 Å². The molecule has 1 aromatic heterocycles. The van der Waals surface area contributed by atoms with Gasteiger partial charge < -0.3 is 9.84 Å². The van der Waals surface area contributed by atoms with Crippen molar-refractivity contribution in [1.29, 1.82) is 0 Å². The van der Waals surface area contributed by atoms with E-state index in [1.165, 1.54) is 19.4 Å². The lowest BCUT2D eigenvalue weighted by atomic mass is 10.0. The van der Waals surface area contributed by atoms with Crippen LogP contribution in [0.1, 0.15) is 15.9 Å². The van der Waals surface area contributed by atoms with E-state index in [-0.39, 0.29) is 11.7 Å². The van der Waals surface area contributed by atoms with Crippen LogP contribution in [-0.4, -0.2) is 29.3 Å². The maximum atomic E-state index is 12.9. The molecule has 148 valence electrons. The van der Waals surface area contributed by atoms with Gasteiger partial charge in [-0.15, -0.1) is 0 Å². The molecule has 0 saturated heterocycles. The molecule has 4 aromatic rings. The summed E-state index contributed by atoms with van der Waals surface area (Å²) in [6.07, 6.45) is 1.49. The van der Waals surface area contributed by atoms with Crippen LogP contribution in [0.15, 0.2) is 84.0 Å². The Morgan fingerprint density at radius 2 is 1.80 bits per heavy atom. The van der Waals surface area contributed by atoms with Crippen LogP contribution >= 0.6 is 0 Å². The van der Waals surface area contributed by atoms with E-state index in [0.29, 0.717) is 22.6 Å². The summed E-state index contributed by atoms with van der Waals surface area (Å²) in [6.45, 7) is 0. The topological polar surface area (TPSA) is 83.8 Å². The van der Waals surface area contributed by atoms with Gasteiger partial charge in [-0.2, -0.15) is 5.10 Å². The van der Waals surface area contributed by atoms with Gasteiger partial charge in [0.15, 0.2) is 11.5 Å². The fourth-order valence-corrected chi connectivity index (χ4v) is 3.12. The van der Waals surface area contributed by atoms with E-state index in [4.69, 9.17) is 4.74 Å². The maximum absolute atomic E-state index is 12.9. The van der Waals surface area contributed by atoms with Crippen molar-refractivity contribution < 1.29 is 14.6 Å². The average molecular weight is 397 g/mol. The number of aromatic hydroxyl groups is 1. The predicted octanol–water partition coefficient (Wildman–Crippen LogP) is 4.38. The number of phenols is 1. The number of hydrogen-bond donors (Lipinski definition) is 2. The highest BCUT2D eigenvalue weighted by Gasteiger charge is 2.13. The first-order valence-corrected chi connectivity index (χ1v) is 9.31. The van der Waals surface area contributed by atoms with Crippen molar-refractivity contribution in [2.24, 2.45) is 5.10 Å². The summed E-state index contributed by atoms with van der Waals surface area (Å²) in [5, 5.41) is 14.5. The van der Waals surface area contributed by atoms with Gasteiger partial charge in [0.1, 0.15) is 0 Å². The second-order valence-electron chi connectivity index (χ2n) is 6.57. The number of aromatic nitrogens is 1. The average Bonchev–Trinajstić information content (AvgIpc) is 2.80. The Bertz CT molecular complexity index is 1240. The molecule has 0 saturated carbocycles. The maximum Gasteiger partial charge on any atom is 0.272 e. The van der Waals surface area contributed by atoms with Gasteiger partial charge in [0.05, 0.1) is 30.1 Å². The Hall–Kier alpha value is -4.19. The normalized spacial score (nSPS) is 11.0. The molecule has 30 heavy (non-hydrogen) atoms. The second kappa shape index (κ2) is 8.45. The van der Waals surface area contributed by atoms with Crippen LogP contribution in [-0.2, 0) is 0 Å². The van der Waals surface area contributed by atoms with E-state index >= 15 is 0 Å². The molecule has 0 unspecified atom stereocenters. The first-order valence-electron chi connectivity index (χ1n) is 9.31. The number of hydrazone groups is 1. The SMILES string of the molecule is COc1cc(/C=N\NC(=O)c2cc(-c3ccccc3)nc3ccccc23)ccc1O. The number of carbonyl (C=O) groups is 1. The molecule has 4 rings (SSSR count). The van der Waals surface area contributed by atoms with Crippen molar-refractivity contribution in [2.75, 3.05) is 7.11 Å². The molecule has 0 aliphatic heterocycles. The van der Waals surface area contributed by atoms with Gasteiger partial charge in [-0.05, 0) is 35.9 Å². The Kier molecular flexibility index (Phi) is 5.39. The van der Waals surface area contributed by atoms with Crippen LogP contribution in [0.5, 0.6) is 11.5 Å². The van der Waals surface area contributed by atoms with Crippen LogP contribution in [0.3, 0.4) is 0 Å². The number of fused-ring (bicyclic) bond motifs is 1. The Morgan fingerprint density at radius 1 is 1.03 bits per heavy atom. The molecule has 0 atom stereocenters. The number of ether oxygens (including phenoxy) is 1. The highest BCUT2D eigenvalue weighted by molar-refractivity contribution is 6.07. The van der Waals surface area contributed by atoms with Gasteiger partial charge in [0.25, 0.3) is 5.91 Å². The van der Waals surface area contributed by atoms with Gasteiger partial charge >= 0.3 is 0 Å². The quantitative estimate of drug-likeness (QED) is 0.387. The highest BCUT2D eigenvalue weighted by atomic mass is 16.5. The van der Waals surface area contributed by atoms with Gasteiger partial charge in [0, 0.05) is 10.9 Å². The molecular weight excluding hydrogens is 378 g/mol. The van der Waals surface area contributed by atoms with E-state index < -0.39 is 0 Å². The van der Waals surface area contributed by atoms with E-state index in [1.54, 1.807) is 18.2 Å². The number of hydrogen-bond acceptors (Lipinski definition) is 5. The van der Waals surface area contributed by atoms with E-state index in [1.807, 2.05) is 54.6 Å². The van der Waals surface area contributed by atoms with Gasteiger partial charge in [-0.3, -0.25) is 4.79 Å². The predicted molar refractivity (Wildman–Crippen MR) is 117 cm³/mol. The lowest BCUT2D eigenvalue weighted by Gasteiger charge is -2.09. The minimum atomic E-state index is -0.340. The summed E-state index contributed by atoms with van der Waals surface area (Å²) in [5.41, 5.74) is 6.11. The van der Waals surface area contributed by atoms with Crippen molar-refractivity contribution in [3.05, 3.63) is 90.0 Å². The van der Waals surface area contributed by atoms with Crippen LogP contribution in [0.2, 0.25) is 0 Å². The minimum Gasteiger partial charge on any atom is -0.504 e. The number of benzene rings is 3. The number of nitrogens with one attached hydrogen (secondary N) is 1. The van der Waals surface area contributed by atoms with Crippen molar-refractivity contribution in [3.63, 3.8) is 0 Å². The Morgan fingerprint density at radius 3 is 2.60 bits per heavy atom. The number of rotatable bonds is 5. The molecule has 3 aromatic carbocycles. The van der Waals surface area contributed by atoms with Crippen LogP contribution < -0.4 is 10.2 Å². The third-order valence-electron chi connectivity index (χ3n) is 4.61. The smallest absolute Gasteiger partial charge is 0.272 e. The van der Waals surface area contributed by atoms with Crippen molar-refractivity contribution in [2.45, 2.75) is 0 Å². The summed E-state index contributed by atoms with van der Waals surface area (Å²) < 4.78 is 5.08. The summed E-state index contributed by atoms with van der Waals surface area (Å²) >= 11 is 0. The summed E-state index contributed by atoms with van der Waals surface area (Å²) in [4.78, 5) is 17.6. The highest BCUT2D eigenvalue weighted by Crippen LogP contribution is 2.26. The number of carbonyl (C=O) groups excluding carboxylic acids is 1. The van der Waals surface area contributed by atoms with E-state index in [9.17, 15) is 9.90 Å². The fraction of sp³-hybridized carbons (Fsp3) is 0.0417. The largest absolute Gasteiger partial charge is 0.504 e. The molecule has 0 fully saturated rings. The molecule has 6 heteroatoms. The van der Waals surface area contributed by atoms with Gasteiger partial charge in [-0.25, -0.2) is 10.4 Å². The zero-order valence-electron chi connectivity index (χ0n) is 16.2.